The molecule has 1 heterocycles. The van der Waals surface area contributed by atoms with Gasteiger partial charge in [-0.3, -0.25) is 5.10 Å². The number of nitrogens with zero attached hydrogens (tertiary/aromatic N) is 2. The first-order chi connectivity index (χ1) is 9.41. The molecule has 1 N–H and O–H groups in total. The van der Waals surface area contributed by atoms with Gasteiger partial charge in [0.05, 0.1) is 6.20 Å². The maximum Gasteiger partial charge on any atom is 0.260 e. The molecule has 0 unspecified atom stereocenters. The van der Waals surface area contributed by atoms with Crippen molar-refractivity contribution in [3.05, 3.63) is 47.1 Å². The van der Waals surface area contributed by atoms with Crippen LogP contribution >= 0.6 is 11.6 Å². The zero-order valence-electron chi connectivity index (χ0n) is 11.2. The highest BCUT2D eigenvalue weighted by atomic mass is 35.5. The van der Waals surface area contributed by atoms with E-state index in [4.69, 9.17) is 11.6 Å². The van der Waals surface area contributed by atoms with Gasteiger partial charge < -0.3 is 0 Å². The van der Waals surface area contributed by atoms with Gasteiger partial charge >= 0.3 is 0 Å². The van der Waals surface area contributed by atoms with Crippen LogP contribution in [0.25, 0.3) is 0 Å². The van der Waals surface area contributed by atoms with Crippen molar-refractivity contribution < 1.29 is 8.42 Å². The minimum atomic E-state index is -3.60. The fourth-order valence-electron chi connectivity index (χ4n) is 1.87. The van der Waals surface area contributed by atoms with Crippen LogP contribution in [0, 0.1) is 0 Å². The van der Waals surface area contributed by atoms with Crippen LogP contribution in [0.2, 0.25) is 5.02 Å². The average Bonchev–Trinajstić information content (AvgIpc) is 2.90. The Kier molecular flexibility index (Phi) is 4.47. The van der Waals surface area contributed by atoms with E-state index in [1.807, 2.05) is 19.9 Å². The highest BCUT2D eigenvalue weighted by Crippen LogP contribution is 2.20. The quantitative estimate of drug-likeness (QED) is 0.923. The molecule has 1 aromatic heterocycles. The largest absolute Gasteiger partial charge is 0.266 e. The van der Waals surface area contributed by atoms with Gasteiger partial charge in [-0.1, -0.05) is 23.7 Å². The molecule has 0 amide bonds. The molecule has 0 spiro atoms. The molecule has 5 nitrogen and oxygen atoms in total. The van der Waals surface area contributed by atoms with Crippen molar-refractivity contribution >= 4 is 21.6 Å². The van der Waals surface area contributed by atoms with Crippen LogP contribution in [-0.4, -0.2) is 29.0 Å². The molecule has 0 atom stereocenters. The SMILES string of the molecule is CC(C)N(Cc1cccc(Cl)c1)S(=O)(=O)c1ccn[nH]1. The summed E-state index contributed by atoms with van der Waals surface area (Å²) < 4.78 is 26.5. The maximum absolute atomic E-state index is 12.5. The number of rotatable bonds is 5. The summed E-state index contributed by atoms with van der Waals surface area (Å²) in [5, 5.41) is 6.88. The standard InChI is InChI=1S/C13H16ClN3O2S/c1-10(2)17(9-11-4-3-5-12(14)8-11)20(18,19)13-6-7-15-16-13/h3-8,10H,9H2,1-2H3,(H,15,16). The van der Waals surface area contributed by atoms with Gasteiger partial charge in [0.2, 0.25) is 0 Å². The molecule has 0 bridgehead atoms. The maximum atomic E-state index is 12.5. The molecule has 0 aliphatic heterocycles. The van der Waals surface area contributed by atoms with Crippen molar-refractivity contribution in [3.63, 3.8) is 0 Å². The molecule has 2 rings (SSSR count). The van der Waals surface area contributed by atoms with E-state index in [0.717, 1.165) is 5.56 Å². The summed E-state index contributed by atoms with van der Waals surface area (Å²) in [6.45, 7) is 3.93. The van der Waals surface area contributed by atoms with Crippen molar-refractivity contribution in [2.45, 2.75) is 31.5 Å². The number of aromatic amines is 1. The van der Waals surface area contributed by atoms with Gasteiger partial charge in [-0.2, -0.15) is 9.40 Å². The van der Waals surface area contributed by atoms with Crippen molar-refractivity contribution in [2.24, 2.45) is 0 Å². The van der Waals surface area contributed by atoms with Gasteiger partial charge in [0.15, 0.2) is 5.03 Å². The van der Waals surface area contributed by atoms with E-state index in [1.165, 1.54) is 16.6 Å². The number of hydrogen-bond acceptors (Lipinski definition) is 3. The van der Waals surface area contributed by atoms with E-state index in [9.17, 15) is 8.42 Å². The van der Waals surface area contributed by atoms with Crippen molar-refractivity contribution in [3.8, 4) is 0 Å². The van der Waals surface area contributed by atoms with Crippen molar-refractivity contribution in [1.82, 2.24) is 14.5 Å². The van der Waals surface area contributed by atoms with Gasteiger partial charge in [0.1, 0.15) is 0 Å². The Labute approximate surface area is 123 Å². The Bertz CT molecular complexity index is 669. The normalized spacial score (nSPS) is 12.2. The van der Waals surface area contributed by atoms with Crippen LogP contribution in [-0.2, 0) is 16.6 Å². The number of benzene rings is 1. The Morgan fingerprint density at radius 2 is 2.10 bits per heavy atom. The highest BCUT2D eigenvalue weighted by Gasteiger charge is 2.28. The monoisotopic (exact) mass is 313 g/mol. The van der Waals surface area contributed by atoms with E-state index >= 15 is 0 Å². The van der Waals surface area contributed by atoms with Gasteiger partial charge in [0, 0.05) is 17.6 Å². The van der Waals surface area contributed by atoms with Crippen LogP contribution in [0.3, 0.4) is 0 Å². The van der Waals surface area contributed by atoms with Gasteiger partial charge in [-0.05, 0) is 37.6 Å². The third-order valence-corrected chi connectivity index (χ3v) is 5.05. The number of hydrogen-bond donors (Lipinski definition) is 1. The summed E-state index contributed by atoms with van der Waals surface area (Å²) in [6.07, 6.45) is 1.42. The summed E-state index contributed by atoms with van der Waals surface area (Å²) in [6, 6.07) is 8.45. The fourth-order valence-corrected chi connectivity index (χ4v) is 3.61. The van der Waals surface area contributed by atoms with Gasteiger partial charge in [0.25, 0.3) is 10.0 Å². The van der Waals surface area contributed by atoms with E-state index in [2.05, 4.69) is 10.2 Å². The van der Waals surface area contributed by atoms with Crippen LogP contribution in [0.1, 0.15) is 19.4 Å². The first-order valence-corrected chi connectivity index (χ1v) is 7.98. The Morgan fingerprint density at radius 3 is 2.65 bits per heavy atom. The summed E-state index contributed by atoms with van der Waals surface area (Å²) in [5.74, 6) is 0. The number of H-pyrrole nitrogens is 1. The number of sulfonamides is 1. The van der Waals surface area contributed by atoms with Crippen molar-refractivity contribution in [2.75, 3.05) is 0 Å². The lowest BCUT2D eigenvalue weighted by Gasteiger charge is -2.25. The zero-order chi connectivity index (χ0) is 14.8. The first kappa shape index (κ1) is 15.0. The number of nitrogens with one attached hydrogen (secondary N) is 1. The van der Waals surface area contributed by atoms with Crippen LogP contribution in [0.5, 0.6) is 0 Å². The third-order valence-electron chi connectivity index (χ3n) is 2.87. The van der Waals surface area contributed by atoms with E-state index < -0.39 is 10.0 Å². The molecule has 0 radical (unpaired) electrons. The molecule has 0 saturated heterocycles. The van der Waals surface area contributed by atoms with Crippen LogP contribution in [0.15, 0.2) is 41.6 Å². The summed E-state index contributed by atoms with van der Waals surface area (Å²) >= 11 is 5.94. The Balaban J connectivity index is 2.33. The number of halogens is 1. The van der Waals surface area contributed by atoms with Crippen LogP contribution in [0.4, 0.5) is 0 Å². The molecule has 1 aromatic carbocycles. The lowest BCUT2D eigenvalue weighted by molar-refractivity contribution is 0.346. The molecule has 108 valence electrons. The predicted molar refractivity (Wildman–Crippen MR) is 77.9 cm³/mol. The Hall–Kier alpha value is -1.37. The topological polar surface area (TPSA) is 66.1 Å². The Morgan fingerprint density at radius 1 is 1.35 bits per heavy atom. The molecular weight excluding hydrogens is 298 g/mol. The lowest BCUT2D eigenvalue weighted by atomic mass is 10.2. The first-order valence-electron chi connectivity index (χ1n) is 6.17. The molecule has 20 heavy (non-hydrogen) atoms. The minimum Gasteiger partial charge on any atom is -0.266 e. The molecule has 2 aromatic rings. The molecule has 0 fully saturated rings. The molecule has 0 aliphatic rings. The smallest absolute Gasteiger partial charge is 0.260 e. The van der Waals surface area contributed by atoms with Crippen molar-refractivity contribution in [1.29, 1.82) is 0 Å². The van der Waals surface area contributed by atoms with E-state index in [0.29, 0.717) is 5.02 Å². The second-order valence-electron chi connectivity index (χ2n) is 4.69. The number of aromatic nitrogens is 2. The highest BCUT2D eigenvalue weighted by molar-refractivity contribution is 7.89. The fraction of sp³-hybridized carbons (Fsp3) is 0.308. The molecule has 0 aliphatic carbocycles. The minimum absolute atomic E-state index is 0.0910. The van der Waals surface area contributed by atoms with Crippen LogP contribution < -0.4 is 0 Å². The molecular formula is C13H16ClN3O2S. The van der Waals surface area contributed by atoms with E-state index in [-0.39, 0.29) is 17.6 Å². The average molecular weight is 314 g/mol. The predicted octanol–water partition coefficient (Wildman–Crippen LogP) is 2.66. The molecule has 7 heteroatoms. The lowest BCUT2D eigenvalue weighted by Crippen LogP contribution is -2.36. The summed E-state index contributed by atoms with van der Waals surface area (Å²) in [4.78, 5) is 0. The second kappa shape index (κ2) is 5.95. The third kappa shape index (κ3) is 3.20. The second-order valence-corrected chi connectivity index (χ2v) is 6.99. The summed E-state index contributed by atoms with van der Waals surface area (Å²) in [5.41, 5.74) is 0.842. The van der Waals surface area contributed by atoms with E-state index in [1.54, 1.807) is 18.2 Å². The zero-order valence-corrected chi connectivity index (χ0v) is 12.8. The van der Waals surface area contributed by atoms with Gasteiger partial charge in [-0.15, -0.1) is 0 Å². The molecule has 0 saturated carbocycles. The van der Waals surface area contributed by atoms with Gasteiger partial charge in [-0.25, -0.2) is 8.42 Å². The summed E-state index contributed by atoms with van der Waals surface area (Å²) in [7, 11) is -3.60.